The predicted molar refractivity (Wildman–Crippen MR) is 50.5 cm³/mol. The van der Waals surface area contributed by atoms with E-state index in [4.69, 9.17) is 0 Å². The first-order chi connectivity index (χ1) is 6.81. The van der Waals surface area contributed by atoms with E-state index in [-0.39, 0.29) is 12.5 Å². The van der Waals surface area contributed by atoms with Gasteiger partial charge < -0.3 is 4.90 Å². The van der Waals surface area contributed by atoms with Crippen LogP contribution in [-0.4, -0.2) is 30.1 Å². The monoisotopic (exact) mass is 189 g/mol. The Kier molecular flexibility index (Phi) is 2.06. The van der Waals surface area contributed by atoms with Crippen molar-refractivity contribution in [3.8, 4) is 0 Å². The zero-order chi connectivity index (χ0) is 9.97. The minimum absolute atomic E-state index is 0.151. The molecule has 1 aromatic heterocycles. The van der Waals surface area contributed by atoms with E-state index >= 15 is 0 Å². The van der Waals surface area contributed by atoms with Gasteiger partial charge in [0.15, 0.2) is 6.29 Å². The molecule has 0 aliphatic carbocycles. The van der Waals surface area contributed by atoms with E-state index in [1.54, 1.807) is 23.2 Å². The number of pyridine rings is 1. The Hall–Kier alpha value is -2.04. The van der Waals surface area contributed by atoms with E-state index in [1.807, 2.05) is 0 Å². The summed E-state index contributed by atoms with van der Waals surface area (Å²) < 4.78 is 0. The van der Waals surface area contributed by atoms with Crippen LogP contribution in [0.3, 0.4) is 0 Å². The molecule has 2 heterocycles. The average Bonchev–Trinajstić information content (AvgIpc) is 2.65. The van der Waals surface area contributed by atoms with E-state index in [0.29, 0.717) is 17.7 Å². The van der Waals surface area contributed by atoms with Gasteiger partial charge in [-0.1, -0.05) is 0 Å². The van der Waals surface area contributed by atoms with Crippen molar-refractivity contribution in [1.29, 1.82) is 0 Å². The second kappa shape index (κ2) is 3.37. The highest BCUT2D eigenvalue weighted by Gasteiger charge is 2.18. The molecule has 0 saturated carbocycles. The number of rotatable bonds is 2. The summed E-state index contributed by atoms with van der Waals surface area (Å²) in [5, 5.41) is 0. The third-order valence-electron chi connectivity index (χ3n) is 1.86. The van der Waals surface area contributed by atoms with Crippen LogP contribution in [0.5, 0.6) is 0 Å². The van der Waals surface area contributed by atoms with Gasteiger partial charge in [0, 0.05) is 6.20 Å². The molecule has 1 aromatic rings. The maximum Gasteiger partial charge on any atom is 0.267 e. The number of anilines is 1. The maximum atomic E-state index is 10.9. The first-order valence-electron chi connectivity index (χ1n) is 4.05. The van der Waals surface area contributed by atoms with E-state index in [1.165, 1.54) is 6.34 Å². The van der Waals surface area contributed by atoms with Crippen LogP contribution in [0.4, 0.5) is 5.82 Å². The van der Waals surface area contributed by atoms with Crippen molar-refractivity contribution in [1.82, 2.24) is 4.98 Å². The van der Waals surface area contributed by atoms with E-state index in [0.717, 1.165) is 0 Å². The van der Waals surface area contributed by atoms with Crippen LogP contribution >= 0.6 is 0 Å². The number of carbonyl (C=O) groups is 2. The number of carbonyl (C=O) groups excluding carboxylic acids is 2. The number of hydrogen-bond acceptors (Lipinski definition) is 4. The fourth-order valence-corrected chi connectivity index (χ4v) is 1.23. The van der Waals surface area contributed by atoms with Crippen molar-refractivity contribution in [2.45, 2.75) is 0 Å². The molecule has 70 valence electrons. The summed E-state index contributed by atoms with van der Waals surface area (Å²) in [5.74, 6) is 0.240. The lowest BCUT2D eigenvalue weighted by Crippen LogP contribution is -2.22. The quantitative estimate of drug-likeness (QED) is 0.626. The lowest BCUT2D eigenvalue weighted by Gasteiger charge is -2.12. The average molecular weight is 189 g/mol. The zero-order valence-electron chi connectivity index (χ0n) is 7.25. The SMILES string of the molecule is O=Cc1cccnc1N1C=NC(=O)C1. The molecule has 1 aliphatic rings. The summed E-state index contributed by atoms with van der Waals surface area (Å²) >= 11 is 0. The van der Waals surface area contributed by atoms with E-state index < -0.39 is 0 Å². The Morgan fingerprint density at radius 3 is 3.00 bits per heavy atom. The molecule has 5 heteroatoms. The summed E-state index contributed by atoms with van der Waals surface area (Å²) in [5.41, 5.74) is 0.452. The molecule has 0 fully saturated rings. The van der Waals surface area contributed by atoms with Gasteiger partial charge in [-0.2, -0.15) is 0 Å². The number of nitrogens with zero attached hydrogens (tertiary/aromatic N) is 3. The highest BCUT2D eigenvalue weighted by Crippen LogP contribution is 2.15. The Bertz CT molecular complexity index is 414. The van der Waals surface area contributed by atoms with Crippen LogP contribution in [0.1, 0.15) is 10.4 Å². The number of amides is 1. The molecular weight excluding hydrogens is 182 g/mol. The Morgan fingerprint density at radius 2 is 2.36 bits per heavy atom. The van der Waals surface area contributed by atoms with Gasteiger partial charge in [0.2, 0.25) is 0 Å². The molecule has 0 radical (unpaired) electrons. The minimum Gasteiger partial charge on any atom is -0.307 e. The lowest BCUT2D eigenvalue weighted by molar-refractivity contribution is -0.115. The first kappa shape index (κ1) is 8.55. The Balaban J connectivity index is 2.37. The number of aliphatic imine (C=N–C) groups is 1. The van der Waals surface area contributed by atoms with E-state index in [9.17, 15) is 9.59 Å². The van der Waals surface area contributed by atoms with Gasteiger partial charge in [0.25, 0.3) is 5.91 Å². The van der Waals surface area contributed by atoms with Crippen molar-refractivity contribution >= 4 is 24.3 Å². The molecule has 0 aromatic carbocycles. The lowest BCUT2D eigenvalue weighted by atomic mass is 10.2. The number of aldehydes is 1. The third kappa shape index (κ3) is 1.39. The van der Waals surface area contributed by atoms with Crippen LogP contribution in [0, 0.1) is 0 Å². The summed E-state index contributed by atoms with van der Waals surface area (Å²) in [6.45, 7) is 0.151. The second-order valence-corrected chi connectivity index (χ2v) is 2.80. The molecular formula is C9H7N3O2. The topological polar surface area (TPSA) is 62.6 Å². The fraction of sp³-hybridized carbons (Fsp3) is 0.111. The molecule has 0 atom stereocenters. The minimum atomic E-state index is -0.229. The summed E-state index contributed by atoms with van der Waals surface area (Å²) in [7, 11) is 0. The highest BCUT2D eigenvalue weighted by molar-refractivity contribution is 6.03. The zero-order valence-corrected chi connectivity index (χ0v) is 7.25. The summed E-state index contributed by atoms with van der Waals surface area (Å²) in [6, 6.07) is 3.31. The molecule has 0 N–H and O–H groups in total. The van der Waals surface area contributed by atoms with Gasteiger partial charge in [-0.3, -0.25) is 9.59 Å². The van der Waals surface area contributed by atoms with Crippen molar-refractivity contribution in [3.63, 3.8) is 0 Å². The Labute approximate surface area is 80.1 Å². The molecule has 1 amide bonds. The highest BCUT2D eigenvalue weighted by atomic mass is 16.2. The van der Waals surface area contributed by atoms with Gasteiger partial charge >= 0.3 is 0 Å². The molecule has 14 heavy (non-hydrogen) atoms. The van der Waals surface area contributed by atoms with Crippen molar-refractivity contribution < 1.29 is 9.59 Å². The smallest absolute Gasteiger partial charge is 0.267 e. The van der Waals surface area contributed by atoms with Crippen LogP contribution in [0.15, 0.2) is 23.3 Å². The standard InChI is InChI=1S/C9H7N3O2/c13-5-7-2-1-3-10-9(7)12-4-8(14)11-6-12/h1-3,5-6H,4H2. The largest absolute Gasteiger partial charge is 0.307 e. The molecule has 0 spiro atoms. The van der Waals surface area contributed by atoms with Crippen LogP contribution in [0.2, 0.25) is 0 Å². The maximum absolute atomic E-state index is 10.9. The molecule has 2 rings (SSSR count). The van der Waals surface area contributed by atoms with Gasteiger partial charge in [-0.25, -0.2) is 9.98 Å². The van der Waals surface area contributed by atoms with Crippen molar-refractivity contribution in [3.05, 3.63) is 23.9 Å². The molecule has 0 saturated heterocycles. The molecule has 5 nitrogen and oxygen atoms in total. The van der Waals surface area contributed by atoms with Gasteiger partial charge in [-0.15, -0.1) is 0 Å². The van der Waals surface area contributed by atoms with Crippen molar-refractivity contribution in [2.75, 3.05) is 11.4 Å². The normalized spacial score (nSPS) is 14.9. The van der Waals surface area contributed by atoms with Crippen LogP contribution in [0.25, 0.3) is 0 Å². The Morgan fingerprint density at radius 1 is 1.50 bits per heavy atom. The second-order valence-electron chi connectivity index (χ2n) is 2.80. The molecule has 0 unspecified atom stereocenters. The summed E-state index contributed by atoms with van der Waals surface area (Å²) in [6.07, 6.45) is 3.66. The van der Waals surface area contributed by atoms with Crippen molar-refractivity contribution in [2.24, 2.45) is 4.99 Å². The van der Waals surface area contributed by atoms with Gasteiger partial charge in [0.05, 0.1) is 5.56 Å². The fourth-order valence-electron chi connectivity index (χ4n) is 1.23. The molecule has 1 aliphatic heterocycles. The third-order valence-corrected chi connectivity index (χ3v) is 1.86. The van der Waals surface area contributed by atoms with Gasteiger partial charge in [-0.05, 0) is 12.1 Å². The first-order valence-corrected chi connectivity index (χ1v) is 4.05. The van der Waals surface area contributed by atoms with Crippen LogP contribution in [-0.2, 0) is 4.79 Å². The van der Waals surface area contributed by atoms with E-state index in [2.05, 4.69) is 9.98 Å². The van der Waals surface area contributed by atoms with Gasteiger partial charge in [0.1, 0.15) is 18.7 Å². The number of aromatic nitrogens is 1. The van der Waals surface area contributed by atoms with Crippen LogP contribution < -0.4 is 4.90 Å². The summed E-state index contributed by atoms with van der Waals surface area (Å²) in [4.78, 5) is 30.7. The number of hydrogen-bond donors (Lipinski definition) is 0. The molecule has 0 bridgehead atoms. The predicted octanol–water partition coefficient (Wildman–Crippen LogP) is 0.269.